The Morgan fingerprint density at radius 1 is 0.371 bits per heavy atom. The highest BCUT2D eigenvalue weighted by atomic mass is 16.3. The summed E-state index contributed by atoms with van der Waals surface area (Å²) in [5.41, 5.74) is 19.4. The van der Waals surface area contributed by atoms with E-state index in [0.29, 0.717) is 0 Å². The van der Waals surface area contributed by atoms with Crippen LogP contribution < -0.4 is 5.32 Å². The summed E-state index contributed by atoms with van der Waals surface area (Å²) in [5, 5.41) is 5.66. The Hall–Kier alpha value is -8.08. The first-order chi connectivity index (χ1) is 30.7. The summed E-state index contributed by atoms with van der Waals surface area (Å²) in [4.78, 5) is 10.6. The minimum absolute atomic E-state index is 0.407. The molecule has 3 aliphatic rings. The molecule has 1 aromatic heterocycles. The van der Waals surface area contributed by atoms with E-state index in [-0.39, 0.29) is 0 Å². The molecule has 1 atom stereocenters. The third-order valence-corrected chi connectivity index (χ3v) is 13.2. The van der Waals surface area contributed by atoms with Crippen molar-refractivity contribution in [2.45, 2.75) is 11.6 Å². The van der Waals surface area contributed by atoms with Crippen LogP contribution in [-0.2, 0) is 5.41 Å². The standard InChI is InChI=1S/C58H37N3O/c1-3-14-36(15-4-1)37-26-28-39(29-27-37)56-59-55(38-16-5-2-6-17-38)60-57(61-56)46-21-13-25-53-54(46)47-34-40(31-33-52(47)62-53)41-30-32-45-44-20-9-12-24-50(44)58(51(45)35-41)48-22-10-7-18-42(48)43-19-8-11-23-49(43)58/h1-35,57H,(H,59,60,61). The van der Waals surface area contributed by atoms with Gasteiger partial charge >= 0.3 is 0 Å². The van der Waals surface area contributed by atoms with Crippen molar-refractivity contribution in [2.75, 3.05) is 0 Å². The quantitative estimate of drug-likeness (QED) is 0.189. The summed E-state index contributed by atoms with van der Waals surface area (Å²) in [6.45, 7) is 0. The predicted molar refractivity (Wildman–Crippen MR) is 253 cm³/mol. The first kappa shape index (κ1) is 34.8. The molecule has 0 saturated heterocycles. The summed E-state index contributed by atoms with van der Waals surface area (Å²) in [6, 6.07) is 76.2. The van der Waals surface area contributed by atoms with Gasteiger partial charge in [0.05, 0.1) is 5.41 Å². The summed E-state index contributed by atoms with van der Waals surface area (Å²) < 4.78 is 6.61. The van der Waals surface area contributed by atoms with Gasteiger partial charge in [0.2, 0.25) is 0 Å². The van der Waals surface area contributed by atoms with Crippen LogP contribution in [0.15, 0.2) is 227 Å². The molecule has 0 saturated carbocycles. The summed E-state index contributed by atoms with van der Waals surface area (Å²) >= 11 is 0. The van der Waals surface area contributed by atoms with Crippen molar-refractivity contribution in [1.82, 2.24) is 5.32 Å². The smallest absolute Gasteiger partial charge is 0.170 e. The molecular weight excluding hydrogens is 755 g/mol. The van der Waals surface area contributed by atoms with Gasteiger partial charge in [-0.05, 0) is 91.0 Å². The molecular formula is C58H37N3O. The average Bonchev–Trinajstić information content (AvgIpc) is 3.98. The Kier molecular flexibility index (Phi) is 7.55. The molecule has 62 heavy (non-hydrogen) atoms. The minimum Gasteiger partial charge on any atom is -0.456 e. The number of benzene rings is 9. The van der Waals surface area contributed by atoms with Crippen LogP contribution in [0.3, 0.4) is 0 Å². The van der Waals surface area contributed by atoms with Crippen LogP contribution >= 0.6 is 0 Å². The van der Waals surface area contributed by atoms with E-state index in [2.05, 4.69) is 193 Å². The maximum Gasteiger partial charge on any atom is 0.170 e. The fourth-order valence-corrected chi connectivity index (χ4v) is 10.5. The van der Waals surface area contributed by atoms with E-state index in [1.165, 1.54) is 50.1 Å². The van der Waals surface area contributed by atoms with Crippen molar-refractivity contribution in [1.29, 1.82) is 0 Å². The van der Waals surface area contributed by atoms with Crippen LogP contribution in [0.5, 0.6) is 0 Å². The molecule has 4 heteroatoms. The third kappa shape index (κ3) is 5.07. The number of nitrogens with one attached hydrogen (secondary N) is 1. The lowest BCUT2D eigenvalue weighted by Crippen LogP contribution is -2.36. The van der Waals surface area contributed by atoms with Gasteiger partial charge in [0.25, 0.3) is 0 Å². The molecule has 2 aliphatic carbocycles. The molecule has 1 N–H and O–H groups in total. The molecule has 4 nitrogen and oxygen atoms in total. The van der Waals surface area contributed by atoms with Gasteiger partial charge in [-0.25, -0.2) is 9.98 Å². The first-order valence-corrected chi connectivity index (χ1v) is 21.3. The lowest BCUT2D eigenvalue weighted by atomic mass is 9.70. The van der Waals surface area contributed by atoms with Crippen molar-refractivity contribution in [2.24, 2.45) is 9.98 Å². The zero-order valence-corrected chi connectivity index (χ0v) is 33.6. The maximum atomic E-state index is 6.61. The van der Waals surface area contributed by atoms with Crippen molar-refractivity contribution in [3.8, 4) is 44.5 Å². The zero-order valence-electron chi connectivity index (χ0n) is 33.6. The Balaban J connectivity index is 0.961. The van der Waals surface area contributed by atoms with E-state index >= 15 is 0 Å². The summed E-state index contributed by atoms with van der Waals surface area (Å²) in [5.74, 6) is 1.55. The van der Waals surface area contributed by atoms with Crippen molar-refractivity contribution in [3.05, 3.63) is 251 Å². The van der Waals surface area contributed by atoms with Crippen molar-refractivity contribution in [3.63, 3.8) is 0 Å². The second-order valence-electron chi connectivity index (χ2n) is 16.4. The highest BCUT2D eigenvalue weighted by molar-refractivity contribution is 6.16. The van der Waals surface area contributed by atoms with Gasteiger partial charge in [-0.1, -0.05) is 188 Å². The van der Waals surface area contributed by atoms with E-state index in [1.807, 2.05) is 24.3 Å². The van der Waals surface area contributed by atoms with E-state index < -0.39 is 11.6 Å². The molecule has 0 amide bonds. The normalized spacial score (nSPS) is 15.4. The van der Waals surface area contributed by atoms with Crippen molar-refractivity contribution < 1.29 is 4.42 Å². The number of rotatable bonds is 5. The predicted octanol–water partition coefficient (Wildman–Crippen LogP) is 13.8. The van der Waals surface area contributed by atoms with Crippen LogP contribution in [0.1, 0.15) is 45.1 Å². The van der Waals surface area contributed by atoms with Crippen LogP contribution in [0.2, 0.25) is 0 Å². The fourth-order valence-electron chi connectivity index (χ4n) is 10.5. The third-order valence-electron chi connectivity index (χ3n) is 13.2. The first-order valence-electron chi connectivity index (χ1n) is 21.3. The number of hydrogen-bond acceptors (Lipinski definition) is 4. The highest BCUT2D eigenvalue weighted by Gasteiger charge is 2.51. The van der Waals surface area contributed by atoms with E-state index in [4.69, 9.17) is 14.4 Å². The second kappa shape index (κ2) is 13.5. The maximum absolute atomic E-state index is 6.61. The monoisotopic (exact) mass is 791 g/mol. The molecule has 10 aromatic rings. The molecule has 2 heterocycles. The van der Waals surface area contributed by atoms with Gasteiger partial charge in [-0.2, -0.15) is 0 Å². The van der Waals surface area contributed by atoms with Crippen molar-refractivity contribution >= 4 is 33.6 Å². The molecule has 290 valence electrons. The Morgan fingerprint density at radius 3 is 1.50 bits per heavy atom. The Bertz CT molecular complexity index is 3430. The Labute approximate surface area is 359 Å². The molecule has 9 aromatic carbocycles. The lowest BCUT2D eigenvalue weighted by Gasteiger charge is -2.30. The van der Waals surface area contributed by atoms with E-state index in [0.717, 1.165) is 67.0 Å². The van der Waals surface area contributed by atoms with Gasteiger partial charge in [0.1, 0.15) is 22.8 Å². The zero-order chi connectivity index (χ0) is 40.8. The van der Waals surface area contributed by atoms with E-state index in [1.54, 1.807) is 0 Å². The van der Waals surface area contributed by atoms with Gasteiger partial charge in [-0.3, -0.25) is 0 Å². The van der Waals surface area contributed by atoms with Gasteiger partial charge in [0.15, 0.2) is 6.17 Å². The number of furan rings is 1. The van der Waals surface area contributed by atoms with Gasteiger partial charge in [0, 0.05) is 27.5 Å². The number of amidine groups is 2. The van der Waals surface area contributed by atoms with Crippen LogP contribution in [0.4, 0.5) is 0 Å². The minimum atomic E-state index is -0.510. The van der Waals surface area contributed by atoms with E-state index in [9.17, 15) is 0 Å². The highest BCUT2D eigenvalue weighted by Crippen LogP contribution is 2.63. The van der Waals surface area contributed by atoms with Gasteiger partial charge in [-0.15, -0.1) is 0 Å². The lowest BCUT2D eigenvalue weighted by molar-refractivity contribution is 0.667. The molecule has 0 radical (unpaired) electrons. The van der Waals surface area contributed by atoms with Crippen LogP contribution in [0.25, 0.3) is 66.4 Å². The fraction of sp³-hybridized carbons (Fsp3) is 0.0345. The van der Waals surface area contributed by atoms with Gasteiger partial charge < -0.3 is 9.73 Å². The molecule has 0 bridgehead atoms. The molecule has 1 unspecified atom stereocenters. The number of fused-ring (bicyclic) bond motifs is 13. The molecule has 13 rings (SSSR count). The number of aliphatic imine (C=N–C) groups is 2. The SMILES string of the molecule is c1ccc(C2=NC(c3cccc4oc5ccc(-c6ccc7c(c6)C6(c8ccccc8-c8ccccc86)c6ccccc6-7)cc5c34)N=C(c3ccc(-c4ccccc4)cc3)N2)cc1. The second-order valence-corrected chi connectivity index (χ2v) is 16.4. The Morgan fingerprint density at radius 2 is 0.855 bits per heavy atom. The molecule has 1 spiro atoms. The average molecular weight is 792 g/mol. The van der Waals surface area contributed by atoms with Crippen LogP contribution in [-0.4, -0.2) is 11.7 Å². The molecule has 0 fully saturated rings. The number of hydrogen-bond donors (Lipinski definition) is 1. The van der Waals surface area contributed by atoms with Crippen LogP contribution in [0, 0.1) is 0 Å². The number of nitrogens with zero attached hydrogens (tertiary/aromatic N) is 2. The summed E-state index contributed by atoms with van der Waals surface area (Å²) in [6.07, 6.45) is -0.510. The largest absolute Gasteiger partial charge is 0.456 e. The molecule has 1 aliphatic heterocycles. The summed E-state index contributed by atoms with van der Waals surface area (Å²) in [7, 11) is 0. The topological polar surface area (TPSA) is 49.9 Å².